The summed E-state index contributed by atoms with van der Waals surface area (Å²) in [7, 11) is 0. The first-order valence-corrected chi connectivity index (χ1v) is 9.30. The number of pyridine rings is 2. The first kappa shape index (κ1) is 18.3. The third-order valence-electron chi connectivity index (χ3n) is 4.65. The zero-order chi connectivity index (χ0) is 19.7. The lowest BCUT2D eigenvalue weighted by Crippen LogP contribution is -2.18. The summed E-state index contributed by atoms with van der Waals surface area (Å²) in [6, 6.07) is 17.7. The van der Waals surface area contributed by atoms with Crippen molar-refractivity contribution in [1.82, 2.24) is 19.7 Å². The van der Waals surface area contributed by atoms with E-state index >= 15 is 0 Å². The summed E-state index contributed by atoms with van der Waals surface area (Å²) in [5.41, 5.74) is 9.06. The number of hydrogen-bond donors (Lipinski definition) is 2. The highest BCUT2D eigenvalue weighted by Crippen LogP contribution is 2.26. The minimum absolute atomic E-state index is 0.575. The zero-order valence-corrected chi connectivity index (χ0v) is 16.0. The van der Waals surface area contributed by atoms with Crippen molar-refractivity contribution in [3.05, 3.63) is 72.2 Å². The van der Waals surface area contributed by atoms with Gasteiger partial charge in [-0.3, -0.25) is 4.98 Å². The van der Waals surface area contributed by atoms with E-state index in [1.54, 1.807) is 18.5 Å². The van der Waals surface area contributed by atoms with Crippen LogP contribution in [-0.2, 0) is 12.0 Å². The van der Waals surface area contributed by atoms with Crippen molar-refractivity contribution in [2.24, 2.45) is 5.73 Å². The van der Waals surface area contributed by atoms with Crippen molar-refractivity contribution in [1.29, 1.82) is 0 Å². The molecule has 142 valence electrons. The van der Waals surface area contributed by atoms with Gasteiger partial charge in [0.25, 0.3) is 0 Å². The number of nitrogens with two attached hydrogens (primary N) is 1. The molecule has 3 aromatic heterocycles. The first-order valence-electron chi connectivity index (χ1n) is 9.30. The molecule has 0 atom stereocenters. The van der Waals surface area contributed by atoms with E-state index in [1.807, 2.05) is 54.7 Å². The topological polar surface area (TPSA) is 89.8 Å². The fourth-order valence-corrected chi connectivity index (χ4v) is 3.17. The molecule has 0 aliphatic heterocycles. The normalized spacial score (nSPS) is 11.9. The van der Waals surface area contributed by atoms with Gasteiger partial charge >= 0.3 is 0 Å². The summed E-state index contributed by atoms with van der Waals surface area (Å²) in [6.45, 7) is 4.02. The number of fused-ring (bicyclic) bond motifs is 1. The maximum absolute atomic E-state index is 10.3. The minimum Gasteiger partial charge on any atom is -0.384 e. The molecule has 0 saturated heterocycles. The molecule has 3 N–H and O–H groups in total. The molecular formula is C22H23N5O. The third kappa shape index (κ3) is 3.52. The SMILES string of the molecule is CC(C)(O)c1cccc(-n2ncc3ccc(-c4cccc(CCN)n4)cc32)n1. The molecule has 3 heterocycles. The Labute approximate surface area is 163 Å². The number of aromatic nitrogens is 4. The van der Waals surface area contributed by atoms with Crippen molar-refractivity contribution in [3.63, 3.8) is 0 Å². The van der Waals surface area contributed by atoms with Crippen LogP contribution in [-0.4, -0.2) is 31.4 Å². The molecule has 0 spiro atoms. The van der Waals surface area contributed by atoms with Crippen LogP contribution in [0.25, 0.3) is 28.0 Å². The Hall–Kier alpha value is -3.09. The molecule has 1 aromatic carbocycles. The average Bonchev–Trinajstić information content (AvgIpc) is 3.11. The van der Waals surface area contributed by atoms with Crippen LogP contribution in [0.2, 0.25) is 0 Å². The largest absolute Gasteiger partial charge is 0.384 e. The van der Waals surface area contributed by atoms with E-state index in [0.717, 1.165) is 34.3 Å². The van der Waals surface area contributed by atoms with Crippen LogP contribution in [0.5, 0.6) is 0 Å². The summed E-state index contributed by atoms with van der Waals surface area (Å²) in [4.78, 5) is 9.31. The summed E-state index contributed by atoms with van der Waals surface area (Å²) < 4.78 is 1.79. The quantitative estimate of drug-likeness (QED) is 0.561. The molecular weight excluding hydrogens is 350 g/mol. The highest BCUT2D eigenvalue weighted by atomic mass is 16.3. The highest BCUT2D eigenvalue weighted by Gasteiger charge is 2.18. The fraction of sp³-hybridized carbons (Fsp3) is 0.227. The molecule has 0 saturated carbocycles. The average molecular weight is 373 g/mol. The monoisotopic (exact) mass is 373 g/mol. The molecule has 0 bridgehead atoms. The number of nitrogens with zero attached hydrogens (tertiary/aromatic N) is 4. The standard InChI is InChI=1S/C22H23N5O/c1-22(2,28)20-7-4-8-21(26-20)27-19-13-15(9-10-16(19)14-24-27)18-6-3-5-17(25-18)11-12-23/h3-10,13-14,28H,11-12,23H2,1-2H3. The minimum atomic E-state index is -1.02. The first-order chi connectivity index (χ1) is 13.5. The second-order valence-corrected chi connectivity index (χ2v) is 7.32. The molecule has 0 fully saturated rings. The van der Waals surface area contributed by atoms with Crippen LogP contribution in [0.1, 0.15) is 25.2 Å². The molecule has 0 aliphatic carbocycles. The molecule has 6 heteroatoms. The van der Waals surface area contributed by atoms with Crippen molar-refractivity contribution >= 4 is 10.9 Å². The van der Waals surface area contributed by atoms with Gasteiger partial charge in [-0.25, -0.2) is 9.67 Å². The predicted molar refractivity (Wildman–Crippen MR) is 110 cm³/mol. The van der Waals surface area contributed by atoms with Gasteiger partial charge in [0, 0.05) is 23.1 Å². The van der Waals surface area contributed by atoms with Crippen LogP contribution >= 0.6 is 0 Å². The van der Waals surface area contributed by atoms with E-state index in [9.17, 15) is 5.11 Å². The van der Waals surface area contributed by atoms with Crippen LogP contribution in [0.4, 0.5) is 0 Å². The van der Waals surface area contributed by atoms with Crippen molar-refractivity contribution < 1.29 is 5.11 Å². The summed E-state index contributed by atoms with van der Waals surface area (Å²) in [5, 5.41) is 15.8. The Balaban J connectivity index is 1.80. The lowest BCUT2D eigenvalue weighted by Gasteiger charge is -2.17. The van der Waals surface area contributed by atoms with Crippen molar-refractivity contribution in [2.75, 3.05) is 6.54 Å². The number of hydrogen-bond acceptors (Lipinski definition) is 5. The van der Waals surface area contributed by atoms with Gasteiger partial charge in [0.2, 0.25) is 0 Å². The molecule has 0 radical (unpaired) electrons. The van der Waals surface area contributed by atoms with Crippen LogP contribution < -0.4 is 5.73 Å². The molecule has 0 unspecified atom stereocenters. The maximum atomic E-state index is 10.3. The van der Waals surface area contributed by atoms with E-state index in [0.29, 0.717) is 18.1 Å². The molecule has 4 rings (SSSR count). The van der Waals surface area contributed by atoms with E-state index in [2.05, 4.69) is 16.1 Å². The fourth-order valence-electron chi connectivity index (χ4n) is 3.17. The zero-order valence-electron chi connectivity index (χ0n) is 16.0. The number of rotatable bonds is 5. The van der Waals surface area contributed by atoms with E-state index in [4.69, 9.17) is 10.7 Å². The van der Waals surface area contributed by atoms with Gasteiger partial charge in [0.05, 0.1) is 23.1 Å². The van der Waals surface area contributed by atoms with Crippen LogP contribution in [0, 0.1) is 0 Å². The second-order valence-electron chi connectivity index (χ2n) is 7.32. The van der Waals surface area contributed by atoms with E-state index in [-0.39, 0.29) is 0 Å². The van der Waals surface area contributed by atoms with Gasteiger partial charge in [-0.2, -0.15) is 5.10 Å². The van der Waals surface area contributed by atoms with Crippen molar-refractivity contribution in [2.45, 2.75) is 25.9 Å². The Morgan fingerprint density at radius 2 is 1.86 bits per heavy atom. The Morgan fingerprint density at radius 1 is 1.04 bits per heavy atom. The molecule has 4 aromatic rings. The Kier molecular flexibility index (Phi) is 4.66. The van der Waals surface area contributed by atoms with E-state index < -0.39 is 5.60 Å². The van der Waals surface area contributed by atoms with E-state index in [1.165, 1.54) is 0 Å². The van der Waals surface area contributed by atoms with Gasteiger partial charge in [0.1, 0.15) is 5.60 Å². The number of benzene rings is 1. The molecule has 0 amide bonds. The Bertz CT molecular complexity index is 1130. The highest BCUT2D eigenvalue weighted by molar-refractivity contribution is 5.84. The van der Waals surface area contributed by atoms with Crippen molar-refractivity contribution in [3.8, 4) is 17.1 Å². The van der Waals surface area contributed by atoms with Gasteiger partial charge in [0.15, 0.2) is 5.82 Å². The summed E-state index contributed by atoms with van der Waals surface area (Å²) in [6.07, 6.45) is 2.57. The van der Waals surface area contributed by atoms with Gasteiger partial charge in [-0.1, -0.05) is 24.3 Å². The molecule has 6 nitrogen and oxygen atoms in total. The lowest BCUT2D eigenvalue weighted by atomic mass is 10.1. The van der Waals surface area contributed by atoms with Gasteiger partial charge in [-0.05, 0) is 50.7 Å². The maximum Gasteiger partial charge on any atom is 0.154 e. The smallest absolute Gasteiger partial charge is 0.154 e. The lowest BCUT2D eigenvalue weighted by molar-refractivity contribution is 0.0738. The summed E-state index contributed by atoms with van der Waals surface area (Å²) >= 11 is 0. The second kappa shape index (κ2) is 7.14. The Morgan fingerprint density at radius 3 is 2.64 bits per heavy atom. The molecule has 28 heavy (non-hydrogen) atoms. The van der Waals surface area contributed by atoms with Gasteiger partial charge in [-0.15, -0.1) is 0 Å². The molecule has 0 aliphatic rings. The van der Waals surface area contributed by atoms with Crippen LogP contribution in [0.3, 0.4) is 0 Å². The predicted octanol–water partition coefficient (Wildman–Crippen LogP) is 3.21. The summed E-state index contributed by atoms with van der Waals surface area (Å²) in [5.74, 6) is 0.664. The number of aliphatic hydroxyl groups is 1. The van der Waals surface area contributed by atoms with Crippen LogP contribution in [0.15, 0.2) is 60.8 Å². The third-order valence-corrected chi connectivity index (χ3v) is 4.65. The van der Waals surface area contributed by atoms with Gasteiger partial charge < -0.3 is 10.8 Å².